The number of hydrogen-bond acceptors (Lipinski definition) is 7. The normalized spacial score (nSPS) is 12.2. The number of hydrazine groups is 1. The number of nitrogens with zero attached hydrogens (tertiary/aromatic N) is 3. The molecule has 8 nitrogen and oxygen atoms in total. The third kappa shape index (κ3) is 3.09. The highest BCUT2D eigenvalue weighted by molar-refractivity contribution is 7.99. The van der Waals surface area contributed by atoms with Crippen molar-refractivity contribution in [2.45, 2.75) is 5.16 Å². The van der Waals surface area contributed by atoms with Crippen molar-refractivity contribution in [3.63, 3.8) is 0 Å². The summed E-state index contributed by atoms with van der Waals surface area (Å²) >= 11 is 1.26. The average Bonchev–Trinajstić information content (AvgIpc) is 3.32. The summed E-state index contributed by atoms with van der Waals surface area (Å²) in [6.07, 6.45) is 0. The zero-order valence-corrected chi connectivity index (χ0v) is 14.4. The fourth-order valence-electron chi connectivity index (χ4n) is 2.57. The average molecular weight is 369 g/mol. The molecule has 0 spiro atoms. The van der Waals surface area contributed by atoms with Gasteiger partial charge in [-0.15, -0.1) is 10.2 Å². The Hall–Kier alpha value is -3.04. The largest absolute Gasteiger partial charge is 0.454 e. The van der Waals surface area contributed by atoms with E-state index in [4.69, 9.17) is 15.3 Å². The Morgan fingerprint density at radius 2 is 1.96 bits per heavy atom. The third-order valence-electron chi connectivity index (χ3n) is 3.77. The fraction of sp³-hybridized carbons (Fsp3) is 0.118. The van der Waals surface area contributed by atoms with E-state index in [0.717, 1.165) is 11.3 Å². The van der Waals surface area contributed by atoms with Crippen LogP contribution < -0.4 is 20.7 Å². The van der Waals surface area contributed by atoms with Crippen LogP contribution in [0.3, 0.4) is 0 Å². The lowest BCUT2D eigenvalue weighted by Gasteiger charge is -2.10. The third-order valence-corrected chi connectivity index (χ3v) is 4.70. The zero-order valence-electron chi connectivity index (χ0n) is 13.6. The molecule has 26 heavy (non-hydrogen) atoms. The van der Waals surface area contributed by atoms with Crippen molar-refractivity contribution in [3.8, 4) is 28.6 Å². The molecule has 0 saturated heterocycles. The Balaban J connectivity index is 1.77. The summed E-state index contributed by atoms with van der Waals surface area (Å²) < 4.78 is 12.7. The van der Waals surface area contributed by atoms with Gasteiger partial charge in [0.1, 0.15) is 0 Å². The van der Waals surface area contributed by atoms with E-state index in [9.17, 15) is 4.79 Å². The molecular weight excluding hydrogens is 354 g/mol. The van der Waals surface area contributed by atoms with Gasteiger partial charge in [0.2, 0.25) is 12.7 Å². The predicted molar refractivity (Wildman–Crippen MR) is 96.0 cm³/mol. The second kappa shape index (κ2) is 7.06. The van der Waals surface area contributed by atoms with Crippen LogP contribution in [0.4, 0.5) is 0 Å². The van der Waals surface area contributed by atoms with Gasteiger partial charge in [-0.25, -0.2) is 5.84 Å². The summed E-state index contributed by atoms with van der Waals surface area (Å²) in [5.74, 6) is 7.02. The number of thioether (sulfide) groups is 1. The van der Waals surface area contributed by atoms with Crippen molar-refractivity contribution in [2.24, 2.45) is 5.84 Å². The molecule has 1 amide bonds. The molecule has 0 bridgehead atoms. The molecular formula is C17H15N5O3S. The van der Waals surface area contributed by atoms with E-state index < -0.39 is 0 Å². The smallest absolute Gasteiger partial charge is 0.244 e. The Morgan fingerprint density at radius 3 is 2.77 bits per heavy atom. The molecule has 2 heterocycles. The molecule has 0 aliphatic carbocycles. The highest BCUT2D eigenvalue weighted by Crippen LogP contribution is 2.36. The minimum atomic E-state index is -0.290. The predicted octanol–water partition coefficient (Wildman–Crippen LogP) is 1.75. The van der Waals surface area contributed by atoms with Gasteiger partial charge in [0.15, 0.2) is 22.5 Å². The Kier molecular flexibility index (Phi) is 4.46. The van der Waals surface area contributed by atoms with Crippen LogP contribution in [0, 0.1) is 0 Å². The van der Waals surface area contributed by atoms with Crippen molar-refractivity contribution < 1.29 is 14.3 Å². The summed E-state index contributed by atoms with van der Waals surface area (Å²) in [7, 11) is 0. The number of benzene rings is 2. The van der Waals surface area contributed by atoms with Crippen LogP contribution in [0.25, 0.3) is 17.1 Å². The first-order valence-electron chi connectivity index (χ1n) is 7.79. The number of nitrogens with two attached hydrogens (primary N) is 1. The molecule has 3 N–H and O–H groups in total. The van der Waals surface area contributed by atoms with Crippen LogP contribution in [0.5, 0.6) is 11.5 Å². The van der Waals surface area contributed by atoms with Crippen LogP contribution in [0.15, 0.2) is 53.7 Å². The number of aromatic nitrogens is 3. The van der Waals surface area contributed by atoms with Crippen LogP contribution in [-0.2, 0) is 4.79 Å². The number of nitrogens with one attached hydrogen (secondary N) is 1. The Labute approximate surface area is 153 Å². The van der Waals surface area contributed by atoms with E-state index in [0.29, 0.717) is 22.5 Å². The van der Waals surface area contributed by atoms with Crippen molar-refractivity contribution >= 4 is 17.7 Å². The topological polar surface area (TPSA) is 104 Å². The second-order valence-corrected chi connectivity index (χ2v) is 6.34. The van der Waals surface area contributed by atoms with Crippen molar-refractivity contribution in [2.75, 3.05) is 12.5 Å². The van der Waals surface area contributed by atoms with Gasteiger partial charge in [-0.1, -0.05) is 30.0 Å². The number of rotatable bonds is 5. The van der Waals surface area contributed by atoms with Gasteiger partial charge in [0, 0.05) is 11.3 Å². The van der Waals surface area contributed by atoms with Crippen molar-refractivity contribution in [1.29, 1.82) is 0 Å². The molecule has 2 aromatic carbocycles. The molecule has 3 aromatic rings. The van der Waals surface area contributed by atoms with E-state index in [-0.39, 0.29) is 18.5 Å². The number of fused-ring (bicyclic) bond motifs is 1. The maximum Gasteiger partial charge on any atom is 0.244 e. The first kappa shape index (κ1) is 16.4. The molecule has 0 radical (unpaired) electrons. The van der Waals surface area contributed by atoms with Crippen molar-refractivity contribution in [3.05, 3.63) is 48.5 Å². The van der Waals surface area contributed by atoms with Gasteiger partial charge in [0.05, 0.1) is 5.75 Å². The first-order valence-corrected chi connectivity index (χ1v) is 8.78. The van der Waals surface area contributed by atoms with Gasteiger partial charge < -0.3 is 9.47 Å². The van der Waals surface area contributed by atoms with Crippen LogP contribution in [0.2, 0.25) is 0 Å². The molecule has 0 unspecified atom stereocenters. The molecule has 132 valence electrons. The Morgan fingerprint density at radius 1 is 1.15 bits per heavy atom. The molecule has 0 atom stereocenters. The SMILES string of the molecule is NNC(=O)CSc1nnc(-c2ccc3c(c2)OCO3)n1-c1ccccc1. The molecule has 1 aliphatic rings. The highest BCUT2D eigenvalue weighted by Gasteiger charge is 2.20. The molecule has 0 fully saturated rings. The number of amides is 1. The standard InChI is InChI=1S/C17H15N5O3S/c18-19-15(23)9-26-17-21-20-16(22(17)12-4-2-1-3-5-12)11-6-7-13-14(8-11)25-10-24-13/h1-8H,9-10,18H2,(H,19,23). The minimum Gasteiger partial charge on any atom is -0.454 e. The lowest BCUT2D eigenvalue weighted by molar-refractivity contribution is -0.118. The molecule has 1 aliphatic heterocycles. The number of ether oxygens (including phenoxy) is 2. The maximum absolute atomic E-state index is 11.5. The Bertz CT molecular complexity index is 945. The molecule has 1 aromatic heterocycles. The molecule has 4 rings (SSSR count). The summed E-state index contributed by atoms with van der Waals surface area (Å²) in [5.41, 5.74) is 3.84. The monoisotopic (exact) mass is 369 g/mol. The maximum atomic E-state index is 11.5. The number of carbonyl (C=O) groups excluding carboxylic acids is 1. The van der Waals surface area contributed by atoms with Crippen LogP contribution in [-0.4, -0.2) is 33.2 Å². The summed E-state index contributed by atoms with van der Waals surface area (Å²) in [6.45, 7) is 0.208. The van der Waals surface area contributed by atoms with Gasteiger partial charge >= 0.3 is 0 Å². The van der Waals surface area contributed by atoms with E-state index in [1.54, 1.807) is 0 Å². The van der Waals surface area contributed by atoms with Gasteiger partial charge in [0.25, 0.3) is 0 Å². The molecule has 0 saturated carbocycles. The highest BCUT2D eigenvalue weighted by atomic mass is 32.2. The van der Waals surface area contributed by atoms with Gasteiger partial charge in [-0.2, -0.15) is 0 Å². The number of para-hydroxylation sites is 1. The summed E-state index contributed by atoms with van der Waals surface area (Å²) in [4.78, 5) is 11.5. The lowest BCUT2D eigenvalue weighted by atomic mass is 10.2. The summed E-state index contributed by atoms with van der Waals surface area (Å²) in [6, 6.07) is 15.3. The van der Waals surface area contributed by atoms with Crippen LogP contribution in [0.1, 0.15) is 0 Å². The van der Waals surface area contributed by atoms with E-state index in [1.165, 1.54) is 11.8 Å². The van der Waals surface area contributed by atoms with Crippen molar-refractivity contribution in [1.82, 2.24) is 20.2 Å². The zero-order chi connectivity index (χ0) is 17.9. The van der Waals surface area contributed by atoms with Gasteiger partial charge in [-0.3, -0.25) is 14.8 Å². The quantitative estimate of drug-likeness (QED) is 0.305. The first-order chi connectivity index (χ1) is 12.8. The van der Waals surface area contributed by atoms with E-state index in [2.05, 4.69) is 15.6 Å². The number of hydrogen-bond donors (Lipinski definition) is 2. The fourth-order valence-corrected chi connectivity index (χ4v) is 3.33. The molecule has 9 heteroatoms. The van der Waals surface area contributed by atoms with E-state index in [1.807, 2.05) is 53.1 Å². The second-order valence-electron chi connectivity index (χ2n) is 5.40. The minimum absolute atomic E-state index is 0.141. The van der Waals surface area contributed by atoms with E-state index >= 15 is 0 Å². The van der Waals surface area contributed by atoms with Crippen LogP contribution >= 0.6 is 11.8 Å². The lowest BCUT2D eigenvalue weighted by Crippen LogP contribution is -2.31. The summed E-state index contributed by atoms with van der Waals surface area (Å²) in [5, 5.41) is 9.17. The number of carbonyl (C=O) groups is 1. The van der Waals surface area contributed by atoms with Gasteiger partial charge in [-0.05, 0) is 30.3 Å².